The summed E-state index contributed by atoms with van der Waals surface area (Å²) in [5.74, 6) is -2.79. The van der Waals surface area contributed by atoms with Crippen molar-refractivity contribution in [2.45, 2.75) is 128 Å². The van der Waals surface area contributed by atoms with Gasteiger partial charge in [-0.1, -0.05) is 88.6 Å². The van der Waals surface area contributed by atoms with Crippen molar-refractivity contribution in [2.75, 3.05) is 6.54 Å². The van der Waals surface area contributed by atoms with Crippen LogP contribution in [-0.4, -0.2) is 70.3 Å². The van der Waals surface area contributed by atoms with Crippen LogP contribution in [0.5, 0.6) is 0 Å². The lowest BCUT2D eigenvalue weighted by Crippen LogP contribution is -2.56. The number of rotatable bonds is 19. The highest BCUT2D eigenvalue weighted by atomic mass is 16.4. The van der Waals surface area contributed by atoms with Crippen molar-refractivity contribution in [3.63, 3.8) is 0 Å². The molecule has 10 nitrogen and oxygen atoms in total. The molecule has 1 fully saturated rings. The molecule has 1 heterocycles. The number of carbonyl (C=O) groups excluding carboxylic acids is 4. The molecule has 1 saturated heterocycles. The first-order valence-corrected chi connectivity index (χ1v) is 15.6. The number of hydrogen-bond donors (Lipinski definition) is 4. The van der Waals surface area contributed by atoms with Crippen LogP contribution in [-0.2, 0) is 30.4 Å². The van der Waals surface area contributed by atoms with E-state index in [1.54, 1.807) is 38.1 Å². The smallest absolute Gasteiger partial charge is 0.326 e. The molecule has 1 aromatic rings. The molecule has 0 aromatic heterocycles. The average Bonchev–Trinajstić information content (AvgIpc) is 3.46. The first-order valence-electron chi connectivity index (χ1n) is 15.6. The molecule has 1 aliphatic heterocycles. The van der Waals surface area contributed by atoms with Gasteiger partial charge < -0.3 is 26.0 Å². The molecule has 4 N–H and O–H groups in total. The molecule has 0 aliphatic carbocycles. The average molecular weight is 587 g/mol. The van der Waals surface area contributed by atoms with Crippen LogP contribution in [0.15, 0.2) is 30.3 Å². The maximum absolute atomic E-state index is 13.2. The zero-order chi connectivity index (χ0) is 30.9. The Hall–Kier alpha value is -3.43. The van der Waals surface area contributed by atoms with Gasteiger partial charge in [0.2, 0.25) is 23.6 Å². The number of carbonyl (C=O) groups is 5. The van der Waals surface area contributed by atoms with E-state index in [2.05, 4.69) is 22.9 Å². The topological polar surface area (TPSA) is 145 Å². The number of aliphatic carboxylic acids is 1. The van der Waals surface area contributed by atoms with Gasteiger partial charge >= 0.3 is 5.97 Å². The fourth-order valence-corrected chi connectivity index (χ4v) is 5.25. The molecule has 4 unspecified atom stereocenters. The Kier molecular flexibility index (Phi) is 15.6. The van der Waals surface area contributed by atoms with Crippen LogP contribution in [0, 0.1) is 0 Å². The molecule has 2 rings (SSSR count). The van der Waals surface area contributed by atoms with Gasteiger partial charge in [0.05, 0.1) is 0 Å². The number of amides is 4. The van der Waals surface area contributed by atoms with Crippen LogP contribution in [0.4, 0.5) is 0 Å². The summed E-state index contributed by atoms with van der Waals surface area (Å²) in [6, 6.07) is 5.34. The molecule has 0 radical (unpaired) electrons. The van der Waals surface area contributed by atoms with Gasteiger partial charge in [0.1, 0.15) is 24.2 Å². The largest absolute Gasteiger partial charge is 0.480 e. The lowest BCUT2D eigenvalue weighted by molar-refractivity contribution is -0.144. The van der Waals surface area contributed by atoms with E-state index in [0.717, 1.165) is 24.8 Å². The van der Waals surface area contributed by atoms with E-state index in [0.29, 0.717) is 25.8 Å². The van der Waals surface area contributed by atoms with Gasteiger partial charge in [0.25, 0.3) is 0 Å². The molecule has 0 spiro atoms. The van der Waals surface area contributed by atoms with Gasteiger partial charge in [-0.05, 0) is 38.7 Å². The van der Waals surface area contributed by atoms with Crippen molar-refractivity contribution < 1.29 is 29.1 Å². The minimum atomic E-state index is -1.16. The summed E-state index contributed by atoms with van der Waals surface area (Å²) >= 11 is 0. The SMILES string of the molecule is CCCCCCCCCCCC(=O)NC(C)C(=O)NC(C)C(=O)N1CCCC1C(=O)NC(Cc1ccccc1)C(=O)O. The Bertz CT molecular complexity index is 1020. The van der Waals surface area contributed by atoms with E-state index in [-0.39, 0.29) is 12.3 Å². The Morgan fingerprint density at radius 3 is 2.10 bits per heavy atom. The van der Waals surface area contributed by atoms with Crippen molar-refractivity contribution in [1.29, 1.82) is 0 Å². The summed E-state index contributed by atoms with van der Waals surface area (Å²) < 4.78 is 0. The predicted molar refractivity (Wildman–Crippen MR) is 162 cm³/mol. The van der Waals surface area contributed by atoms with Gasteiger partial charge in [-0.2, -0.15) is 0 Å². The van der Waals surface area contributed by atoms with Crippen LogP contribution in [0.2, 0.25) is 0 Å². The summed E-state index contributed by atoms with van der Waals surface area (Å²) in [4.78, 5) is 64.4. The van der Waals surface area contributed by atoms with Crippen molar-refractivity contribution >= 4 is 29.6 Å². The van der Waals surface area contributed by atoms with Crippen molar-refractivity contribution in [3.05, 3.63) is 35.9 Å². The van der Waals surface area contributed by atoms with E-state index in [1.165, 1.54) is 43.4 Å². The number of carboxylic acid groups (broad SMARTS) is 1. The van der Waals surface area contributed by atoms with Crippen molar-refractivity contribution in [2.24, 2.45) is 0 Å². The van der Waals surface area contributed by atoms with E-state index in [4.69, 9.17) is 0 Å². The Morgan fingerprint density at radius 2 is 1.48 bits per heavy atom. The van der Waals surface area contributed by atoms with E-state index in [1.807, 2.05) is 6.07 Å². The van der Waals surface area contributed by atoms with Crippen molar-refractivity contribution in [3.8, 4) is 0 Å². The van der Waals surface area contributed by atoms with Crippen LogP contribution in [0.25, 0.3) is 0 Å². The molecular formula is C32H50N4O6. The number of benzene rings is 1. The lowest BCUT2D eigenvalue weighted by Gasteiger charge is -2.28. The monoisotopic (exact) mass is 586 g/mol. The number of likely N-dealkylation sites (tertiary alicyclic amines) is 1. The first kappa shape index (κ1) is 34.8. The minimum absolute atomic E-state index is 0.123. The Morgan fingerprint density at radius 1 is 0.857 bits per heavy atom. The quantitative estimate of drug-likeness (QED) is 0.182. The highest BCUT2D eigenvalue weighted by Gasteiger charge is 2.38. The van der Waals surface area contributed by atoms with Gasteiger partial charge in [0, 0.05) is 19.4 Å². The van der Waals surface area contributed by atoms with Crippen molar-refractivity contribution in [1.82, 2.24) is 20.9 Å². The summed E-state index contributed by atoms with van der Waals surface area (Å²) in [6.07, 6.45) is 11.8. The summed E-state index contributed by atoms with van der Waals surface area (Å²) in [5, 5.41) is 17.6. The van der Waals surface area contributed by atoms with Gasteiger partial charge in [0.15, 0.2) is 0 Å². The lowest BCUT2D eigenvalue weighted by atomic mass is 10.1. The van der Waals surface area contributed by atoms with Crippen LogP contribution in [0.3, 0.4) is 0 Å². The zero-order valence-corrected chi connectivity index (χ0v) is 25.5. The van der Waals surface area contributed by atoms with E-state index < -0.39 is 47.9 Å². The fraction of sp³-hybridized carbons (Fsp3) is 0.656. The standard InChI is InChI=1S/C32H50N4O6/c1-4-5-6-7-8-9-10-11-15-20-28(37)33-23(2)29(38)34-24(3)31(40)36-21-16-19-27(36)30(39)35-26(32(41)42)22-25-17-13-12-14-18-25/h12-14,17-18,23-24,26-27H,4-11,15-16,19-22H2,1-3H3,(H,33,37)(H,34,38)(H,35,39)(H,41,42). The highest BCUT2D eigenvalue weighted by molar-refractivity contribution is 5.95. The maximum atomic E-state index is 13.2. The number of carboxylic acids is 1. The van der Waals surface area contributed by atoms with Gasteiger partial charge in [-0.3, -0.25) is 19.2 Å². The van der Waals surface area contributed by atoms with Gasteiger partial charge in [-0.15, -0.1) is 0 Å². The Labute approximate surface area is 250 Å². The number of hydrogen-bond acceptors (Lipinski definition) is 5. The second kappa shape index (κ2) is 18.9. The van der Waals surface area contributed by atoms with Gasteiger partial charge in [-0.25, -0.2) is 4.79 Å². The molecule has 1 aromatic carbocycles. The molecule has 0 bridgehead atoms. The summed E-state index contributed by atoms with van der Waals surface area (Å²) in [7, 11) is 0. The normalized spacial score (nSPS) is 16.7. The first-order chi connectivity index (χ1) is 20.1. The van der Waals surface area contributed by atoms with Crippen LogP contribution < -0.4 is 16.0 Å². The highest BCUT2D eigenvalue weighted by Crippen LogP contribution is 2.19. The third-order valence-electron chi connectivity index (χ3n) is 7.74. The van der Waals surface area contributed by atoms with E-state index >= 15 is 0 Å². The molecule has 0 saturated carbocycles. The molecule has 10 heteroatoms. The van der Waals surface area contributed by atoms with Crippen LogP contribution >= 0.6 is 0 Å². The number of nitrogens with one attached hydrogen (secondary N) is 3. The number of unbranched alkanes of at least 4 members (excludes halogenated alkanes) is 8. The maximum Gasteiger partial charge on any atom is 0.326 e. The predicted octanol–water partition coefficient (Wildman–Crippen LogP) is 3.72. The van der Waals surface area contributed by atoms with Crippen LogP contribution in [0.1, 0.15) is 103 Å². The number of nitrogens with zero attached hydrogens (tertiary/aromatic N) is 1. The third-order valence-corrected chi connectivity index (χ3v) is 7.74. The fourth-order valence-electron chi connectivity index (χ4n) is 5.25. The third kappa shape index (κ3) is 12.2. The molecule has 42 heavy (non-hydrogen) atoms. The molecule has 234 valence electrons. The summed E-state index contributed by atoms with van der Waals surface area (Å²) in [5.41, 5.74) is 0.773. The molecule has 4 amide bonds. The second-order valence-corrected chi connectivity index (χ2v) is 11.4. The summed E-state index contributed by atoms with van der Waals surface area (Å²) in [6.45, 7) is 5.65. The zero-order valence-electron chi connectivity index (χ0n) is 25.5. The molecule has 1 aliphatic rings. The minimum Gasteiger partial charge on any atom is -0.480 e. The molecular weight excluding hydrogens is 536 g/mol. The molecule has 4 atom stereocenters. The second-order valence-electron chi connectivity index (χ2n) is 11.4. The Balaban J connectivity index is 1.76. The van der Waals surface area contributed by atoms with E-state index in [9.17, 15) is 29.1 Å².